The first kappa shape index (κ1) is 61.5. The Hall–Kier alpha value is -0.520. The van der Waals surface area contributed by atoms with Gasteiger partial charge in [0, 0.05) is 13.2 Å². The van der Waals surface area contributed by atoms with Crippen LogP contribution in [-0.4, -0.2) is 172 Å². The van der Waals surface area contributed by atoms with E-state index < -0.39 is 0 Å². The molecule has 0 saturated heterocycles. The molecule has 0 unspecified atom stereocenters. The van der Waals surface area contributed by atoms with Crippen molar-refractivity contribution in [3.8, 4) is 0 Å². The maximum Gasteiger partial charge on any atom is 0.0701 e. The first-order valence-corrected chi connectivity index (χ1v) is 25.4. The Morgan fingerprint density at radius 3 is 0.387 bits per heavy atom. The van der Waals surface area contributed by atoms with Crippen LogP contribution in [0, 0.1) is 0 Å². The van der Waals surface area contributed by atoms with Crippen molar-refractivity contribution in [1.82, 2.24) is 0 Å². The van der Waals surface area contributed by atoms with E-state index in [2.05, 4.69) is 13.8 Å². The molecule has 0 saturated carbocycles. The predicted octanol–water partition coefficient (Wildman–Crippen LogP) is 9.43. The summed E-state index contributed by atoms with van der Waals surface area (Å²) in [6, 6.07) is 0. The van der Waals surface area contributed by atoms with Gasteiger partial charge in [-0.3, -0.25) is 0 Å². The Bertz CT molecular complexity index is 695. The quantitative estimate of drug-likeness (QED) is 0.0540. The van der Waals surface area contributed by atoms with Crippen LogP contribution in [0.1, 0.15) is 149 Å². The van der Waals surface area contributed by atoms with Gasteiger partial charge in [-0.15, -0.1) is 0 Å². The topological polar surface area (TPSA) is 120 Å². The summed E-state index contributed by atoms with van der Waals surface area (Å²) >= 11 is 0. The zero-order chi connectivity index (χ0) is 44.4. The lowest BCUT2D eigenvalue weighted by atomic mass is 10.0. The lowest BCUT2D eigenvalue weighted by Gasteiger charge is -2.09. The van der Waals surface area contributed by atoms with E-state index in [1.807, 2.05) is 0 Å². The lowest BCUT2D eigenvalue weighted by molar-refractivity contribution is -0.0290. The van der Waals surface area contributed by atoms with Gasteiger partial charge in [0.05, 0.1) is 159 Å². The summed E-state index contributed by atoms with van der Waals surface area (Å²) in [7, 11) is 0. The maximum atomic E-state index is 5.70. The number of hydrogen-bond acceptors (Lipinski definition) is 13. The smallest absolute Gasteiger partial charge is 0.0701 e. The SMILES string of the molecule is CCCCCCCCCCCCCCCCCCOCCOCCOCCOCCOCCOCCOCCOCCOCCOCCOCCOCCOCCCCCCC. The number of hydrogen-bond donors (Lipinski definition) is 0. The first-order valence-electron chi connectivity index (χ1n) is 25.4. The van der Waals surface area contributed by atoms with Gasteiger partial charge in [-0.2, -0.15) is 0 Å². The van der Waals surface area contributed by atoms with Crippen LogP contribution in [0.2, 0.25) is 0 Å². The monoisotopic (exact) mass is 897 g/mol. The number of rotatable bonds is 59. The molecule has 0 rings (SSSR count). The molecule has 0 fully saturated rings. The predicted molar refractivity (Wildman–Crippen MR) is 249 cm³/mol. The highest BCUT2D eigenvalue weighted by atomic mass is 16.6. The molecule has 0 aromatic rings. The summed E-state index contributed by atoms with van der Waals surface area (Å²) in [4.78, 5) is 0. The molecule has 13 heteroatoms. The van der Waals surface area contributed by atoms with Crippen LogP contribution < -0.4 is 0 Å². The summed E-state index contributed by atoms with van der Waals surface area (Å²) in [5.41, 5.74) is 0. The maximum absolute atomic E-state index is 5.70. The van der Waals surface area contributed by atoms with Crippen molar-refractivity contribution < 1.29 is 61.6 Å². The highest BCUT2D eigenvalue weighted by Crippen LogP contribution is 2.14. The molecule has 62 heavy (non-hydrogen) atoms. The van der Waals surface area contributed by atoms with Gasteiger partial charge in [0.15, 0.2) is 0 Å². The molecule has 0 N–H and O–H groups in total. The van der Waals surface area contributed by atoms with Gasteiger partial charge in [-0.1, -0.05) is 136 Å². The molecule has 0 aromatic heterocycles. The van der Waals surface area contributed by atoms with Gasteiger partial charge in [0.2, 0.25) is 0 Å². The van der Waals surface area contributed by atoms with Crippen molar-refractivity contribution in [2.45, 2.75) is 149 Å². The van der Waals surface area contributed by atoms with E-state index in [0.717, 1.165) is 26.1 Å². The van der Waals surface area contributed by atoms with Crippen LogP contribution in [0.15, 0.2) is 0 Å². The zero-order valence-electron chi connectivity index (χ0n) is 40.5. The molecular weight excluding hydrogens is 797 g/mol. The Labute approximate surface area is 381 Å². The average molecular weight is 897 g/mol. The fraction of sp³-hybridized carbons (Fsp3) is 1.00. The molecule has 0 radical (unpaired) electrons. The van der Waals surface area contributed by atoms with Crippen molar-refractivity contribution in [1.29, 1.82) is 0 Å². The van der Waals surface area contributed by atoms with Crippen molar-refractivity contribution in [3.63, 3.8) is 0 Å². The molecule has 0 amide bonds. The second kappa shape index (κ2) is 60.5. The van der Waals surface area contributed by atoms with Crippen LogP contribution in [0.5, 0.6) is 0 Å². The molecule has 0 spiro atoms. The highest BCUT2D eigenvalue weighted by molar-refractivity contribution is 4.50. The van der Waals surface area contributed by atoms with Gasteiger partial charge < -0.3 is 61.6 Å². The Balaban J connectivity index is 3.06. The van der Waals surface area contributed by atoms with Crippen LogP contribution in [-0.2, 0) is 61.6 Å². The molecule has 0 atom stereocenters. The second-order valence-electron chi connectivity index (χ2n) is 15.7. The van der Waals surface area contributed by atoms with E-state index in [1.54, 1.807) is 0 Å². The molecule has 13 nitrogen and oxygen atoms in total. The van der Waals surface area contributed by atoms with E-state index in [9.17, 15) is 0 Å². The third-order valence-corrected chi connectivity index (χ3v) is 10.00. The molecule has 0 heterocycles. The minimum atomic E-state index is 0.518. The molecular formula is C49H100O13. The molecule has 0 aromatic carbocycles. The van der Waals surface area contributed by atoms with E-state index in [-0.39, 0.29) is 0 Å². The second-order valence-corrected chi connectivity index (χ2v) is 15.7. The third kappa shape index (κ3) is 59.5. The summed E-state index contributed by atoms with van der Waals surface area (Å²) in [6.45, 7) is 19.4. The van der Waals surface area contributed by atoms with E-state index in [4.69, 9.17) is 61.6 Å². The molecule has 374 valence electrons. The van der Waals surface area contributed by atoms with Crippen molar-refractivity contribution in [2.24, 2.45) is 0 Å². The third-order valence-electron chi connectivity index (χ3n) is 10.00. The number of ether oxygens (including phenoxy) is 13. The summed E-state index contributed by atoms with van der Waals surface area (Å²) in [5.74, 6) is 0. The van der Waals surface area contributed by atoms with Gasteiger partial charge in [-0.25, -0.2) is 0 Å². The average Bonchev–Trinajstić information content (AvgIpc) is 3.28. The Morgan fingerprint density at radius 1 is 0.129 bits per heavy atom. The zero-order valence-corrected chi connectivity index (χ0v) is 40.5. The van der Waals surface area contributed by atoms with E-state index in [0.29, 0.717) is 159 Å². The summed E-state index contributed by atoms with van der Waals surface area (Å²) < 4.78 is 72.2. The van der Waals surface area contributed by atoms with Gasteiger partial charge in [0.1, 0.15) is 0 Å². The summed E-state index contributed by atoms with van der Waals surface area (Å²) in [5, 5.41) is 0. The fourth-order valence-corrected chi connectivity index (χ4v) is 6.30. The normalized spacial score (nSPS) is 11.7. The molecule has 0 aliphatic carbocycles. The first-order chi connectivity index (χ1) is 30.9. The number of unbranched alkanes of at least 4 members (excludes halogenated alkanes) is 19. The van der Waals surface area contributed by atoms with Crippen LogP contribution in [0.4, 0.5) is 0 Å². The Kier molecular flexibility index (Phi) is 60.0. The molecule has 0 aliphatic rings. The van der Waals surface area contributed by atoms with Crippen molar-refractivity contribution in [2.75, 3.05) is 172 Å². The lowest BCUT2D eigenvalue weighted by Crippen LogP contribution is -2.15. The minimum absolute atomic E-state index is 0.518. The van der Waals surface area contributed by atoms with Crippen LogP contribution >= 0.6 is 0 Å². The summed E-state index contributed by atoms with van der Waals surface area (Å²) in [6.07, 6.45) is 28.5. The largest absolute Gasteiger partial charge is 0.379 e. The standard InChI is InChI=1S/C49H100O13/c1-3-5-7-9-10-11-12-13-14-15-16-17-18-19-21-23-25-51-27-29-53-31-33-55-35-37-57-39-41-59-43-45-61-47-49-62-48-46-60-44-42-58-40-38-56-36-34-54-32-30-52-28-26-50-24-22-20-8-6-4-2/h3-49H2,1-2H3. The van der Waals surface area contributed by atoms with Gasteiger partial charge in [-0.05, 0) is 12.8 Å². The highest BCUT2D eigenvalue weighted by Gasteiger charge is 1.99. The molecule has 0 bridgehead atoms. The van der Waals surface area contributed by atoms with Crippen LogP contribution in [0.3, 0.4) is 0 Å². The minimum Gasteiger partial charge on any atom is -0.379 e. The fourth-order valence-electron chi connectivity index (χ4n) is 6.30. The van der Waals surface area contributed by atoms with E-state index >= 15 is 0 Å². The molecule has 0 aliphatic heterocycles. The van der Waals surface area contributed by atoms with Gasteiger partial charge >= 0.3 is 0 Å². The van der Waals surface area contributed by atoms with Crippen molar-refractivity contribution in [3.05, 3.63) is 0 Å². The Morgan fingerprint density at radius 2 is 0.242 bits per heavy atom. The van der Waals surface area contributed by atoms with E-state index in [1.165, 1.54) is 122 Å². The van der Waals surface area contributed by atoms with Crippen molar-refractivity contribution >= 4 is 0 Å². The van der Waals surface area contributed by atoms with Gasteiger partial charge in [0.25, 0.3) is 0 Å². The van der Waals surface area contributed by atoms with Crippen LogP contribution in [0.25, 0.3) is 0 Å².